The minimum Gasteiger partial charge on any atom is -0.466 e. The van der Waals surface area contributed by atoms with Gasteiger partial charge >= 0.3 is 11.7 Å². The molecule has 1 aromatic carbocycles. The molecule has 0 aromatic heterocycles. The summed E-state index contributed by atoms with van der Waals surface area (Å²) in [5, 5.41) is 10.4. The van der Waals surface area contributed by atoms with E-state index in [2.05, 4.69) is 0 Å². The molecule has 92 valence electrons. The minimum atomic E-state index is -0.955. The zero-order valence-electron chi connectivity index (χ0n) is 9.47. The van der Waals surface area contributed by atoms with Crippen LogP contribution in [0.5, 0.6) is 0 Å². The zero-order chi connectivity index (χ0) is 13.0. The van der Waals surface area contributed by atoms with Gasteiger partial charge in [-0.3, -0.25) is 14.9 Å². The van der Waals surface area contributed by atoms with Gasteiger partial charge in [-0.15, -0.1) is 0 Å². The molecule has 0 amide bonds. The molecule has 0 aliphatic carbocycles. The summed E-state index contributed by atoms with van der Waals surface area (Å²) >= 11 is 0. The first kappa shape index (κ1) is 13.1. The molecule has 1 atom stereocenters. The van der Waals surface area contributed by atoms with Crippen molar-refractivity contribution in [3.05, 3.63) is 39.7 Å². The van der Waals surface area contributed by atoms with Crippen LogP contribution in [0.3, 0.4) is 0 Å². The maximum absolute atomic E-state index is 13.3. The Morgan fingerprint density at radius 1 is 1.59 bits per heavy atom. The Hall–Kier alpha value is -1.98. The van der Waals surface area contributed by atoms with Crippen molar-refractivity contribution < 1.29 is 18.8 Å². The maximum Gasteiger partial charge on any atom is 0.313 e. The molecule has 0 saturated carbocycles. The quantitative estimate of drug-likeness (QED) is 0.461. The molecule has 17 heavy (non-hydrogen) atoms. The second kappa shape index (κ2) is 5.38. The fourth-order valence-electron chi connectivity index (χ4n) is 1.34. The molecule has 0 aliphatic rings. The monoisotopic (exact) mass is 241 g/mol. The predicted molar refractivity (Wildman–Crippen MR) is 58.1 cm³/mol. The van der Waals surface area contributed by atoms with Crippen molar-refractivity contribution in [2.24, 2.45) is 0 Å². The molecule has 6 heteroatoms. The van der Waals surface area contributed by atoms with Gasteiger partial charge in [-0.2, -0.15) is 4.39 Å². The number of hydrogen-bond acceptors (Lipinski definition) is 4. The van der Waals surface area contributed by atoms with Crippen molar-refractivity contribution in [1.29, 1.82) is 0 Å². The number of nitro benzene ring substituents is 1. The van der Waals surface area contributed by atoms with Crippen LogP contribution in [-0.4, -0.2) is 17.5 Å². The molecule has 1 aromatic rings. The lowest BCUT2D eigenvalue weighted by Gasteiger charge is -2.10. The first-order valence-electron chi connectivity index (χ1n) is 5.07. The summed E-state index contributed by atoms with van der Waals surface area (Å²) < 4.78 is 18.1. The fourth-order valence-corrected chi connectivity index (χ4v) is 1.34. The Bertz CT molecular complexity index is 447. The number of hydrogen-bond donors (Lipinski definition) is 0. The summed E-state index contributed by atoms with van der Waals surface area (Å²) in [6.45, 7) is 3.46. The van der Waals surface area contributed by atoms with E-state index < -0.39 is 28.3 Å². The summed E-state index contributed by atoms with van der Waals surface area (Å²) in [5.41, 5.74) is -0.253. The van der Waals surface area contributed by atoms with Gasteiger partial charge in [0, 0.05) is 6.07 Å². The highest BCUT2D eigenvalue weighted by atomic mass is 19.1. The molecule has 0 N–H and O–H groups in total. The van der Waals surface area contributed by atoms with E-state index in [9.17, 15) is 19.3 Å². The van der Waals surface area contributed by atoms with Gasteiger partial charge in [0.15, 0.2) is 0 Å². The molecule has 0 bridgehead atoms. The van der Waals surface area contributed by atoms with Crippen LogP contribution in [-0.2, 0) is 9.53 Å². The lowest BCUT2D eigenvalue weighted by Crippen LogP contribution is -2.13. The standard InChI is InChI=1S/C11H12FNO4/c1-3-17-11(14)7(2)8-4-5-10(13(15)16)9(12)6-8/h4-7H,3H2,1-2H3/t7-/m1/s1. The normalized spacial score (nSPS) is 11.9. The third-order valence-electron chi connectivity index (χ3n) is 2.31. The smallest absolute Gasteiger partial charge is 0.313 e. The molecule has 1 rings (SSSR count). The van der Waals surface area contributed by atoms with Crippen molar-refractivity contribution in [2.75, 3.05) is 6.61 Å². The average Bonchev–Trinajstić information content (AvgIpc) is 2.27. The fraction of sp³-hybridized carbons (Fsp3) is 0.364. The van der Waals surface area contributed by atoms with E-state index in [0.29, 0.717) is 5.56 Å². The largest absolute Gasteiger partial charge is 0.466 e. The maximum atomic E-state index is 13.3. The van der Waals surface area contributed by atoms with Gasteiger partial charge in [0.25, 0.3) is 0 Å². The lowest BCUT2D eigenvalue weighted by atomic mass is 10.0. The molecular formula is C11H12FNO4. The van der Waals surface area contributed by atoms with E-state index in [-0.39, 0.29) is 6.61 Å². The number of ether oxygens (including phenoxy) is 1. The molecule has 0 saturated heterocycles. The highest BCUT2D eigenvalue weighted by Crippen LogP contribution is 2.23. The van der Waals surface area contributed by atoms with Gasteiger partial charge in [-0.25, -0.2) is 0 Å². The highest BCUT2D eigenvalue weighted by Gasteiger charge is 2.20. The van der Waals surface area contributed by atoms with Crippen molar-refractivity contribution in [3.8, 4) is 0 Å². The summed E-state index contributed by atoms with van der Waals surface area (Å²) in [6.07, 6.45) is 0. The number of carbonyl (C=O) groups excluding carboxylic acids is 1. The molecule has 0 aliphatic heterocycles. The third-order valence-corrected chi connectivity index (χ3v) is 2.31. The van der Waals surface area contributed by atoms with Crippen LogP contribution in [0.4, 0.5) is 10.1 Å². The topological polar surface area (TPSA) is 69.4 Å². The molecule has 5 nitrogen and oxygen atoms in total. The van der Waals surface area contributed by atoms with Crippen LogP contribution < -0.4 is 0 Å². The number of nitro groups is 1. The van der Waals surface area contributed by atoms with Gasteiger partial charge < -0.3 is 4.74 Å². The first-order valence-corrected chi connectivity index (χ1v) is 5.07. The Morgan fingerprint density at radius 2 is 2.24 bits per heavy atom. The van der Waals surface area contributed by atoms with Crippen molar-refractivity contribution in [3.63, 3.8) is 0 Å². The molecule has 0 unspecified atom stereocenters. The number of rotatable bonds is 4. The van der Waals surface area contributed by atoms with E-state index in [1.54, 1.807) is 13.8 Å². The number of halogens is 1. The van der Waals surface area contributed by atoms with E-state index >= 15 is 0 Å². The van der Waals surface area contributed by atoms with Gasteiger partial charge in [-0.1, -0.05) is 6.07 Å². The summed E-state index contributed by atoms with van der Waals surface area (Å²) in [7, 11) is 0. The Balaban J connectivity index is 2.97. The van der Waals surface area contributed by atoms with Crippen LogP contribution in [0.1, 0.15) is 25.3 Å². The van der Waals surface area contributed by atoms with Crippen LogP contribution >= 0.6 is 0 Å². The number of carbonyl (C=O) groups is 1. The van der Waals surface area contributed by atoms with Crippen LogP contribution in [0.2, 0.25) is 0 Å². The van der Waals surface area contributed by atoms with Crippen LogP contribution in [0.25, 0.3) is 0 Å². The second-order valence-corrected chi connectivity index (χ2v) is 3.44. The van der Waals surface area contributed by atoms with Gasteiger partial charge in [-0.05, 0) is 25.5 Å². The Morgan fingerprint density at radius 3 is 2.71 bits per heavy atom. The van der Waals surface area contributed by atoms with Gasteiger partial charge in [0.2, 0.25) is 5.82 Å². The van der Waals surface area contributed by atoms with Crippen molar-refractivity contribution in [2.45, 2.75) is 19.8 Å². The zero-order valence-corrected chi connectivity index (χ0v) is 9.47. The SMILES string of the molecule is CCOC(=O)[C@H](C)c1ccc([N+](=O)[O-])c(F)c1. The lowest BCUT2D eigenvalue weighted by molar-refractivity contribution is -0.387. The highest BCUT2D eigenvalue weighted by molar-refractivity contribution is 5.77. The Labute approximate surface area is 97.3 Å². The second-order valence-electron chi connectivity index (χ2n) is 3.44. The number of esters is 1. The van der Waals surface area contributed by atoms with E-state index in [4.69, 9.17) is 4.74 Å². The van der Waals surface area contributed by atoms with Gasteiger partial charge in [0.05, 0.1) is 17.4 Å². The van der Waals surface area contributed by atoms with E-state index in [1.165, 1.54) is 6.07 Å². The first-order chi connectivity index (χ1) is 7.97. The Kier molecular flexibility index (Phi) is 4.14. The van der Waals surface area contributed by atoms with Crippen LogP contribution in [0, 0.1) is 15.9 Å². The molecule has 0 spiro atoms. The number of nitrogens with zero attached hydrogens (tertiary/aromatic N) is 1. The predicted octanol–water partition coefficient (Wildman–Crippen LogP) is 2.40. The summed E-state index contributed by atoms with van der Waals surface area (Å²) in [5.74, 6) is -2.09. The molecule has 0 radical (unpaired) electrons. The van der Waals surface area contributed by atoms with Crippen molar-refractivity contribution in [1.82, 2.24) is 0 Å². The summed E-state index contributed by atoms with van der Waals surface area (Å²) in [4.78, 5) is 21.0. The van der Waals surface area contributed by atoms with Crippen molar-refractivity contribution >= 4 is 11.7 Å². The third kappa shape index (κ3) is 2.99. The molecule has 0 heterocycles. The van der Waals surface area contributed by atoms with Crippen LogP contribution in [0.15, 0.2) is 18.2 Å². The summed E-state index contributed by atoms with van der Waals surface area (Å²) in [6, 6.07) is 3.38. The minimum absolute atomic E-state index is 0.235. The number of benzene rings is 1. The average molecular weight is 241 g/mol. The van der Waals surface area contributed by atoms with Gasteiger partial charge in [0.1, 0.15) is 0 Å². The van der Waals surface area contributed by atoms with E-state index in [1.807, 2.05) is 0 Å². The molecule has 0 fully saturated rings. The van der Waals surface area contributed by atoms with E-state index in [0.717, 1.165) is 12.1 Å². The molecular weight excluding hydrogens is 229 g/mol.